The van der Waals surface area contributed by atoms with Crippen LogP contribution < -0.4 is 10.2 Å². The predicted octanol–water partition coefficient (Wildman–Crippen LogP) is 3.97. The number of rotatable bonds is 4. The van der Waals surface area contributed by atoms with E-state index in [1.54, 1.807) is 6.20 Å². The smallest absolute Gasteiger partial charge is 0.267 e. The average Bonchev–Trinajstić information content (AvgIpc) is 3.04. The number of fused-ring (bicyclic) bond motifs is 1. The lowest BCUT2D eigenvalue weighted by Crippen LogP contribution is -2.20. The summed E-state index contributed by atoms with van der Waals surface area (Å²) in [6.45, 7) is 4.79. The second kappa shape index (κ2) is 7.23. The Hall–Kier alpha value is -3.06. The predicted molar refractivity (Wildman–Crippen MR) is 100 cm³/mol. The number of benzene rings is 2. The van der Waals surface area contributed by atoms with E-state index < -0.39 is 0 Å². The molecule has 0 unspecified atom stereocenters. The van der Waals surface area contributed by atoms with Gasteiger partial charge >= 0.3 is 0 Å². The summed E-state index contributed by atoms with van der Waals surface area (Å²) in [4.78, 5) is 14.6. The summed E-state index contributed by atoms with van der Waals surface area (Å²) in [5.74, 6) is -0.365. The van der Waals surface area contributed by atoms with Crippen molar-refractivity contribution in [3.05, 3.63) is 70.9 Å². The van der Waals surface area contributed by atoms with Gasteiger partial charge in [-0.15, -0.1) is 0 Å². The summed E-state index contributed by atoms with van der Waals surface area (Å²) in [5, 5.41) is 12.4. The Kier molecular flexibility index (Phi) is 4.85. The van der Waals surface area contributed by atoms with Gasteiger partial charge in [0.25, 0.3) is 5.91 Å². The first-order chi connectivity index (χ1) is 12.1. The molecule has 0 aliphatic carbocycles. The van der Waals surface area contributed by atoms with Gasteiger partial charge in [-0.05, 0) is 42.5 Å². The van der Waals surface area contributed by atoms with Crippen LogP contribution in [0.4, 0.5) is 11.4 Å². The number of nitriles is 1. The lowest BCUT2D eigenvalue weighted by molar-refractivity contribution is -0.112. The molecule has 126 valence electrons. The van der Waals surface area contributed by atoms with Gasteiger partial charge in [-0.2, -0.15) is 5.26 Å². The third-order valence-corrected chi connectivity index (χ3v) is 4.55. The fourth-order valence-electron chi connectivity index (χ4n) is 3.17. The van der Waals surface area contributed by atoms with Crippen molar-refractivity contribution in [1.82, 2.24) is 0 Å². The normalized spacial score (nSPS) is 13.3. The van der Waals surface area contributed by atoms with Gasteiger partial charge in [0.15, 0.2) is 0 Å². The van der Waals surface area contributed by atoms with Gasteiger partial charge in [0.1, 0.15) is 11.6 Å². The molecule has 3 rings (SSSR count). The SMILES string of the molecule is CCc1cccc(C)c1NC(=O)/C(C#N)=C\N1CCc2ccccc21. The molecule has 0 atom stereocenters. The fourth-order valence-corrected chi connectivity index (χ4v) is 3.17. The Labute approximate surface area is 148 Å². The van der Waals surface area contributed by atoms with E-state index >= 15 is 0 Å². The van der Waals surface area contributed by atoms with E-state index in [2.05, 4.69) is 11.4 Å². The second-order valence-electron chi connectivity index (χ2n) is 6.14. The van der Waals surface area contributed by atoms with E-state index in [1.165, 1.54) is 5.56 Å². The van der Waals surface area contributed by atoms with Crippen LogP contribution >= 0.6 is 0 Å². The molecule has 4 heteroatoms. The van der Waals surface area contributed by atoms with E-state index in [0.717, 1.165) is 41.9 Å². The van der Waals surface area contributed by atoms with E-state index in [9.17, 15) is 10.1 Å². The molecule has 0 aromatic heterocycles. The van der Waals surface area contributed by atoms with Gasteiger partial charge in [0.2, 0.25) is 0 Å². The maximum absolute atomic E-state index is 12.6. The number of aryl methyl sites for hydroxylation is 2. The molecule has 4 nitrogen and oxygen atoms in total. The maximum Gasteiger partial charge on any atom is 0.267 e. The van der Waals surface area contributed by atoms with Gasteiger partial charge < -0.3 is 10.2 Å². The lowest BCUT2D eigenvalue weighted by Gasteiger charge is -2.16. The molecule has 25 heavy (non-hydrogen) atoms. The van der Waals surface area contributed by atoms with Crippen molar-refractivity contribution in [2.75, 3.05) is 16.8 Å². The highest BCUT2D eigenvalue weighted by Gasteiger charge is 2.20. The Morgan fingerprint density at radius 3 is 2.84 bits per heavy atom. The molecule has 1 aliphatic heterocycles. The Morgan fingerprint density at radius 2 is 2.08 bits per heavy atom. The number of hydrogen-bond donors (Lipinski definition) is 1. The quantitative estimate of drug-likeness (QED) is 0.681. The van der Waals surface area contributed by atoms with E-state index in [4.69, 9.17) is 0 Å². The zero-order valence-corrected chi connectivity index (χ0v) is 14.5. The third kappa shape index (κ3) is 3.41. The Balaban J connectivity index is 1.85. The first-order valence-corrected chi connectivity index (χ1v) is 8.50. The van der Waals surface area contributed by atoms with Crippen LogP contribution in [0.15, 0.2) is 54.2 Å². The van der Waals surface area contributed by atoms with Gasteiger partial charge in [0.05, 0.1) is 0 Å². The highest BCUT2D eigenvalue weighted by Crippen LogP contribution is 2.28. The van der Waals surface area contributed by atoms with Gasteiger partial charge in [-0.3, -0.25) is 4.79 Å². The monoisotopic (exact) mass is 331 g/mol. The number of nitrogens with zero attached hydrogens (tertiary/aromatic N) is 2. The number of nitrogens with one attached hydrogen (secondary N) is 1. The number of carbonyl (C=O) groups is 1. The summed E-state index contributed by atoms with van der Waals surface area (Å²) in [7, 11) is 0. The van der Waals surface area contributed by atoms with Crippen LogP contribution in [0.3, 0.4) is 0 Å². The highest BCUT2D eigenvalue weighted by atomic mass is 16.1. The summed E-state index contributed by atoms with van der Waals surface area (Å²) in [5.41, 5.74) is 5.28. The minimum atomic E-state index is -0.365. The molecule has 0 saturated heterocycles. The highest BCUT2D eigenvalue weighted by molar-refractivity contribution is 6.07. The van der Waals surface area contributed by atoms with Crippen LogP contribution in [-0.2, 0) is 17.6 Å². The van der Waals surface area contributed by atoms with Crippen LogP contribution in [-0.4, -0.2) is 12.5 Å². The van der Waals surface area contributed by atoms with Crippen molar-refractivity contribution in [2.45, 2.75) is 26.7 Å². The summed E-state index contributed by atoms with van der Waals surface area (Å²) in [6.07, 6.45) is 3.40. The first kappa shape index (κ1) is 16.8. The van der Waals surface area contributed by atoms with Crippen LogP contribution in [0.1, 0.15) is 23.6 Å². The zero-order chi connectivity index (χ0) is 17.8. The maximum atomic E-state index is 12.6. The van der Waals surface area contributed by atoms with E-state index in [0.29, 0.717) is 0 Å². The van der Waals surface area contributed by atoms with Crippen molar-refractivity contribution < 1.29 is 4.79 Å². The third-order valence-electron chi connectivity index (χ3n) is 4.55. The zero-order valence-electron chi connectivity index (χ0n) is 14.5. The van der Waals surface area contributed by atoms with Crippen molar-refractivity contribution in [2.24, 2.45) is 0 Å². The molecule has 1 heterocycles. The van der Waals surface area contributed by atoms with Crippen molar-refractivity contribution in [1.29, 1.82) is 5.26 Å². The van der Waals surface area contributed by atoms with Crippen LogP contribution in [0.5, 0.6) is 0 Å². The first-order valence-electron chi connectivity index (χ1n) is 8.50. The molecule has 0 saturated carbocycles. The molecule has 2 aromatic carbocycles. The molecular formula is C21H21N3O. The van der Waals surface area contributed by atoms with E-state index in [1.807, 2.05) is 61.2 Å². The molecule has 1 aliphatic rings. The molecule has 1 amide bonds. The second-order valence-corrected chi connectivity index (χ2v) is 6.14. The van der Waals surface area contributed by atoms with Crippen LogP contribution in [0.25, 0.3) is 0 Å². The van der Waals surface area contributed by atoms with Gasteiger partial charge in [-0.1, -0.05) is 43.3 Å². The van der Waals surface area contributed by atoms with Crippen LogP contribution in [0, 0.1) is 18.3 Å². The molecule has 0 radical (unpaired) electrons. The fraction of sp³-hybridized carbons (Fsp3) is 0.238. The summed E-state index contributed by atoms with van der Waals surface area (Å²) in [6, 6.07) is 16.1. The topological polar surface area (TPSA) is 56.1 Å². The number of hydrogen-bond acceptors (Lipinski definition) is 3. The minimum absolute atomic E-state index is 0.113. The molecule has 1 N–H and O–H groups in total. The lowest BCUT2D eigenvalue weighted by atomic mass is 10.1. The largest absolute Gasteiger partial charge is 0.346 e. The molecule has 0 fully saturated rings. The summed E-state index contributed by atoms with van der Waals surface area (Å²) >= 11 is 0. The number of amides is 1. The number of anilines is 2. The number of para-hydroxylation sites is 2. The van der Waals surface area contributed by atoms with E-state index in [-0.39, 0.29) is 11.5 Å². The van der Waals surface area contributed by atoms with Crippen LogP contribution in [0.2, 0.25) is 0 Å². The summed E-state index contributed by atoms with van der Waals surface area (Å²) < 4.78 is 0. The van der Waals surface area contributed by atoms with Crippen molar-refractivity contribution in [3.8, 4) is 6.07 Å². The van der Waals surface area contributed by atoms with Gasteiger partial charge in [-0.25, -0.2) is 0 Å². The molecular weight excluding hydrogens is 310 g/mol. The standard InChI is InChI=1S/C21H21N3O/c1-3-16-9-6-7-15(2)20(16)23-21(25)18(13-22)14-24-12-11-17-8-4-5-10-19(17)24/h4-10,14H,3,11-12H2,1-2H3,(H,23,25)/b18-14-. The van der Waals surface area contributed by atoms with Crippen molar-refractivity contribution in [3.63, 3.8) is 0 Å². The molecule has 0 spiro atoms. The molecule has 2 aromatic rings. The Bertz CT molecular complexity index is 877. The molecule has 0 bridgehead atoms. The average molecular weight is 331 g/mol. The number of carbonyl (C=O) groups excluding carboxylic acids is 1. The Morgan fingerprint density at radius 1 is 1.28 bits per heavy atom. The van der Waals surface area contributed by atoms with Crippen molar-refractivity contribution >= 4 is 17.3 Å². The van der Waals surface area contributed by atoms with Gasteiger partial charge in [0, 0.05) is 24.1 Å². The minimum Gasteiger partial charge on any atom is -0.346 e.